The minimum Gasteiger partial charge on any atom is -0.379 e. The van der Waals surface area contributed by atoms with E-state index in [2.05, 4.69) is 28.8 Å². The van der Waals surface area contributed by atoms with Gasteiger partial charge in [-0.2, -0.15) is 0 Å². The number of rotatable bonds is 6. The smallest absolute Gasteiger partial charge is 0.280 e. The van der Waals surface area contributed by atoms with E-state index < -0.39 is 0 Å². The number of anilines is 1. The van der Waals surface area contributed by atoms with Crippen LogP contribution >= 0.6 is 0 Å². The zero-order chi connectivity index (χ0) is 12.8. The predicted octanol–water partition coefficient (Wildman–Crippen LogP) is 1.55. The van der Waals surface area contributed by atoms with Gasteiger partial charge in [0.15, 0.2) is 0 Å². The molecule has 6 heteroatoms. The average molecular weight is 240 g/mol. The summed E-state index contributed by atoms with van der Waals surface area (Å²) in [6, 6.07) is 0. The van der Waals surface area contributed by atoms with E-state index in [1.807, 2.05) is 6.92 Å². The molecule has 0 aliphatic carbocycles. The van der Waals surface area contributed by atoms with Crippen LogP contribution in [0.5, 0.6) is 0 Å². The van der Waals surface area contributed by atoms with Crippen molar-refractivity contribution in [3.63, 3.8) is 0 Å². The number of hydrogen-bond donors (Lipinski definition) is 1. The van der Waals surface area contributed by atoms with Crippen molar-refractivity contribution in [2.75, 3.05) is 18.8 Å². The van der Waals surface area contributed by atoms with Gasteiger partial charge in [-0.1, -0.05) is 26.7 Å². The number of nitrogens with zero attached hydrogens (tertiary/aromatic N) is 3. The fourth-order valence-electron chi connectivity index (χ4n) is 1.71. The molecule has 0 atom stereocenters. The Morgan fingerprint density at radius 3 is 2.41 bits per heavy atom. The van der Waals surface area contributed by atoms with Gasteiger partial charge >= 0.3 is 0 Å². The van der Waals surface area contributed by atoms with Crippen molar-refractivity contribution < 1.29 is 9.42 Å². The molecule has 0 radical (unpaired) electrons. The van der Waals surface area contributed by atoms with Crippen LogP contribution in [0.15, 0.2) is 4.63 Å². The molecular weight excluding hydrogens is 220 g/mol. The molecule has 1 aromatic rings. The first-order valence-electron chi connectivity index (χ1n) is 6.01. The third-order valence-corrected chi connectivity index (χ3v) is 3.02. The minimum atomic E-state index is -0.210. The molecule has 2 N–H and O–H groups in total. The number of nitrogens with two attached hydrogens (primary N) is 1. The van der Waals surface area contributed by atoms with Crippen LogP contribution in [-0.4, -0.2) is 34.2 Å². The standard InChI is InChI=1S/C11H20N4O2/c1-4-8(5-2)7-15(6-3)11(16)9-10(12)14-17-13-9/h8H,4-7H2,1-3H3,(H2,12,14). The van der Waals surface area contributed by atoms with Crippen molar-refractivity contribution in [3.05, 3.63) is 5.69 Å². The Hall–Kier alpha value is -1.59. The van der Waals surface area contributed by atoms with Gasteiger partial charge < -0.3 is 10.6 Å². The van der Waals surface area contributed by atoms with Gasteiger partial charge in [-0.25, -0.2) is 4.63 Å². The van der Waals surface area contributed by atoms with E-state index in [9.17, 15) is 4.79 Å². The Morgan fingerprint density at radius 2 is 2.00 bits per heavy atom. The van der Waals surface area contributed by atoms with E-state index in [0.29, 0.717) is 19.0 Å². The van der Waals surface area contributed by atoms with Crippen LogP contribution in [0.2, 0.25) is 0 Å². The van der Waals surface area contributed by atoms with Crippen molar-refractivity contribution in [2.24, 2.45) is 5.92 Å². The molecule has 1 rings (SSSR count). The van der Waals surface area contributed by atoms with Gasteiger partial charge in [-0.05, 0) is 23.2 Å². The maximum absolute atomic E-state index is 12.1. The predicted molar refractivity (Wildman–Crippen MR) is 64.4 cm³/mol. The average Bonchev–Trinajstić information content (AvgIpc) is 2.76. The van der Waals surface area contributed by atoms with Crippen molar-refractivity contribution in [2.45, 2.75) is 33.6 Å². The summed E-state index contributed by atoms with van der Waals surface area (Å²) in [5.74, 6) is 0.344. The second kappa shape index (κ2) is 6.22. The lowest BCUT2D eigenvalue weighted by molar-refractivity contribution is 0.0724. The Balaban J connectivity index is 2.74. The highest BCUT2D eigenvalue weighted by atomic mass is 16.6. The molecule has 0 fully saturated rings. The third kappa shape index (κ3) is 3.18. The maximum atomic E-state index is 12.1. The van der Waals surface area contributed by atoms with Gasteiger partial charge in [0.1, 0.15) is 0 Å². The van der Waals surface area contributed by atoms with Crippen molar-refractivity contribution in [1.29, 1.82) is 0 Å². The van der Waals surface area contributed by atoms with Crippen molar-refractivity contribution in [1.82, 2.24) is 15.2 Å². The molecule has 0 aromatic carbocycles. The van der Waals surface area contributed by atoms with Crippen molar-refractivity contribution >= 4 is 11.7 Å². The van der Waals surface area contributed by atoms with Gasteiger partial charge in [-0.15, -0.1) is 0 Å². The van der Waals surface area contributed by atoms with E-state index in [1.165, 1.54) is 0 Å². The third-order valence-electron chi connectivity index (χ3n) is 3.02. The summed E-state index contributed by atoms with van der Waals surface area (Å²) >= 11 is 0. The molecule has 0 bridgehead atoms. The van der Waals surface area contributed by atoms with Crippen LogP contribution in [0.25, 0.3) is 0 Å². The summed E-state index contributed by atoms with van der Waals surface area (Å²) in [5, 5.41) is 6.96. The number of carbonyl (C=O) groups excluding carboxylic acids is 1. The van der Waals surface area contributed by atoms with E-state index in [-0.39, 0.29) is 17.4 Å². The molecule has 0 aliphatic heterocycles. The zero-order valence-electron chi connectivity index (χ0n) is 10.6. The summed E-state index contributed by atoms with van der Waals surface area (Å²) in [4.78, 5) is 13.8. The summed E-state index contributed by atoms with van der Waals surface area (Å²) in [6.07, 6.45) is 2.10. The first kappa shape index (κ1) is 13.5. The summed E-state index contributed by atoms with van der Waals surface area (Å²) in [5.41, 5.74) is 5.62. The molecule has 1 aromatic heterocycles. The Morgan fingerprint density at radius 1 is 1.35 bits per heavy atom. The van der Waals surface area contributed by atoms with E-state index in [0.717, 1.165) is 12.8 Å². The van der Waals surface area contributed by atoms with E-state index in [1.54, 1.807) is 4.90 Å². The molecule has 0 aliphatic rings. The Kier molecular flexibility index (Phi) is 4.93. The Labute approximate surface area is 101 Å². The fourth-order valence-corrected chi connectivity index (χ4v) is 1.71. The number of hydrogen-bond acceptors (Lipinski definition) is 5. The zero-order valence-corrected chi connectivity index (χ0v) is 10.6. The first-order chi connectivity index (χ1) is 8.13. The highest BCUT2D eigenvalue weighted by Gasteiger charge is 2.23. The second-order valence-electron chi connectivity index (χ2n) is 4.02. The van der Waals surface area contributed by atoms with Crippen LogP contribution in [0.1, 0.15) is 44.1 Å². The molecular formula is C11H20N4O2. The van der Waals surface area contributed by atoms with Gasteiger partial charge in [0, 0.05) is 13.1 Å². The minimum absolute atomic E-state index is 0.0537. The lowest BCUT2D eigenvalue weighted by atomic mass is 10.0. The van der Waals surface area contributed by atoms with E-state index >= 15 is 0 Å². The maximum Gasteiger partial charge on any atom is 0.280 e. The van der Waals surface area contributed by atoms with Crippen LogP contribution in [0, 0.1) is 5.92 Å². The van der Waals surface area contributed by atoms with Gasteiger partial charge in [-0.3, -0.25) is 4.79 Å². The first-order valence-corrected chi connectivity index (χ1v) is 6.01. The molecule has 0 saturated heterocycles. The molecule has 17 heavy (non-hydrogen) atoms. The molecule has 1 amide bonds. The number of nitrogen functional groups attached to an aromatic ring is 1. The lowest BCUT2D eigenvalue weighted by Gasteiger charge is -2.24. The fraction of sp³-hybridized carbons (Fsp3) is 0.727. The van der Waals surface area contributed by atoms with Crippen molar-refractivity contribution in [3.8, 4) is 0 Å². The van der Waals surface area contributed by atoms with Gasteiger partial charge in [0.25, 0.3) is 5.91 Å². The molecule has 6 nitrogen and oxygen atoms in total. The van der Waals surface area contributed by atoms with Crippen LogP contribution < -0.4 is 5.73 Å². The number of carbonyl (C=O) groups is 1. The molecule has 0 saturated carbocycles. The lowest BCUT2D eigenvalue weighted by Crippen LogP contribution is -2.35. The topological polar surface area (TPSA) is 85.2 Å². The van der Waals surface area contributed by atoms with Gasteiger partial charge in [0.2, 0.25) is 11.5 Å². The molecule has 1 heterocycles. The second-order valence-corrected chi connectivity index (χ2v) is 4.02. The SMILES string of the molecule is CCC(CC)CN(CC)C(=O)c1nonc1N. The quantitative estimate of drug-likeness (QED) is 0.815. The van der Waals surface area contributed by atoms with Crippen LogP contribution in [0.3, 0.4) is 0 Å². The van der Waals surface area contributed by atoms with Crippen LogP contribution in [-0.2, 0) is 0 Å². The normalized spacial score (nSPS) is 10.8. The highest BCUT2D eigenvalue weighted by molar-refractivity contribution is 5.96. The van der Waals surface area contributed by atoms with Crippen LogP contribution in [0.4, 0.5) is 5.82 Å². The molecule has 96 valence electrons. The number of amides is 1. The highest BCUT2D eigenvalue weighted by Crippen LogP contribution is 2.14. The Bertz CT molecular complexity index is 360. The monoisotopic (exact) mass is 240 g/mol. The number of aromatic nitrogens is 2. The van der Waals surface area contributed by atoms with Gasteiger partial charge in [0.05, 0.1) is 0 Å². The van der Waals surface area contributed by atoms with E-state index in [4.69, 9.17) is 5.73 Å². The largest absolute Gasteiger partial charge is 0.379 e. The summed E-state index contributed by atoms with van der Waals surface area (Å²) < 4.78 is 4.45. The summed E-state index contributed by atoms with van der Waals surface area (Å²) in [7, 11) is 0. The molecule has 0 unspecified atom stereocenters. The molecule has 0 spiro atoms. The summed E-state index contributed by atoms with van der Waals surface area (Å²) in [6.45, 7) is 7.53.